The largest absolute Gasteiger partial charge is 0.379 e. The fourth-order valence-corrected chi connectivity index (χ4v) is 2.58. The van der Waals surface area contributed by atoms with Gasteiger partial charge in [-0.3, -0.25) is 4.90 Å². The quantitative estimate of drug-likeness (QED) is 0.404. The van der Waals surface area contributed by atoms with E-state index < -0.39 is 0 Å². The standard InChI is InChI=1S/C14H28BrNO3/c1-2-3-7-17-9-11-19-12-10-18-8-6-16-5-4-14(15)13-16/h14H,2-13H2,1H3. The van der Waals surface area contributed by atoms with Crippen molar-refractivity contribution in [3.8, 4) is 0 Å². The van der Waals surface area contributed by atoms with Crippen molar-refractivity contribution in [2.45, 2.75) is 31.0 Å². The first-order valence-electron chi connectivity index (χ1n) is 7.42. The van der Waals surface area contributed by atoms with Crippen molar-refractivity contribution in [3.63, 3.8) is 0 Å². The molecule has 114 valence electrons. The molecule has 1 fully saturated rings. The molecule has 0 aromatic heterocycles. The van der Waals surface area contributed by atoms with Gasteiger partial charge < -0.3 is 14.2 Å². The molecule has 0 saturated carbocycles. The van der Waals surface area contributed by atoms with Crippen LogP contribution in [0, 0.1) is 0 Å². The minimum absolute atomic E-state index is 0.665. The van der Waals surface area contributed by atoms with E-state index in [9.17, 15) is 0 Å². The summed E-state index contributed by atoms with van der Waals surface area (Å²) in [6, 6.07) is 0. The Morgan fingerprint density at radius 2 is 1.63 bits per heavy atom. The van der Waals surface area contributed by atoms with Gasteiger partial charge in [-0.2, -0.15) is 0 Å². The van der Waals surface area contributed by atoms with Crippen LogP contribution in [-0.2, 0) is 14.2 Å². The number of likely N-dealkylation sites (tertiary alicyclic amines) is 1. The summed E-state index contributed by atoms with van der Waals surface area (Å²) >= 11 is 3.64. The van der Waals surface area contributed by atoms with Gasteiger partial charge in [0.15, 0.2) is 0 Å². The molecule has 1 heterocycles. The Hall–Kier alpha value is 0.320. The molecular formula is C14H28BrNO3. The number of hydrogen-bond acceptors (Lipinski definition) is 4. The fraction of sp³-hybridized carbons (Fsp3) is 1.00. The van der Waals surface area contributed by atoms with Crippen LogP contribution in [0.4, 0.5) is 0 Å². The zero-order chi connectivity index (χ0) is 13.8. The van der Waals surface area contributed by atoms with E-state index in [0.29, 0.717) is 31.3 Å². The maximum Gasteiger partial charge on any atom is 0.0701 e. The second-order valence-electron chi connectivity index (χ2n) is 4.88. The lowest BCUT2D eigenvalue weighted by Crippen LogP contribution is -2.25. The molecule has 0 bridgehead atoms. The summed E-state index contributed by atoms with van der Waals surface area (Å²) in [5, 5.41) is 0. The number of halogens is 1. The van der Waals surface area contributed by atoms with Crippen LogP contribution in [-0.4, -0.2) is 69.0 Å². The molecule has 0 aromatic carbocycles. The Morgan fingerprint density at radius 1 is 1.00 bits per heavy atom. The molecule has 1 rings (SSSR count). The van der Waals surface area contributed by atoms with E-state index in [-0.39, 0.29) is 0 Å². The van der Waals surface area contributed by atoms with Crippen LogP contribution in [0.1, 0.15) is 26.2 Å². The third-order valence-corrected chi connectivity index (χ3v) is 3.90. The lowest BCUT2D eigenvalue weighted by molar-refractivity contribution is 0.0111. The van der Waals surface area contributed by atoms with Gasteiger partial charge in [0.25, 0.3) is 0 Å². The molecule has 1 saturated heterocycles. The predicted molar refractivity (Wildman–Crippen MR) is 81.1 cm³/mol. The molecule has 0 aromatic rings. The minimum atomic E-state index is 0.665. The van der Waals surface area contributed by atoms with Gasteiger partial charge in [-0.15, -0.1) is 0 Å². The summed E-state index contributed by atoms with van der Waals surface area (Å²) in [6.45, 7) is 9.89. The van der Waals surface area contributed by atoms with Crippen LogP contribution in [0.15, 0.2) is 0 Å². The first-order chi connectivity index (χ1) is 9.33. The molecule has 1 atom stereocenters. The molecule has 1 aliphatic heterocycles. The minimum Gasteiger partial charge on any atom is -0.379 e. The van der Waals surface area contributed by atoms with E-state index in [1.165, 1.54) is 19.4 Å². The number of hydrogen-bond donors (Lipinski definition) is 0. The third kappa shape index (κ3) is 9.79. The van der Waals surface area contributed by atoms with Crippen molar-refractivity contribution in [2.24, 2.45) is 0 Å². The highest BCUT2D eigenvalue weighted by atomic mass is 79.9. The van der Waals surface area contributed by atoms with E-state index in [1.54, 1.807) is 0 Å². The van der Waals surface area contributed by atoms with E-state index in [1.807, 2.05) is 0 Å². The van der Waals surface area contributed by atoms with Crippen LogP contribution >= 0.6 is 15.9 Å². The SMILES string of the molecule is CCCCOCCOCCOCCN1CCC(Br)C1. The molecule has 5 heteroatoms. The van der Waals surface area contributed by atoms with E-state index in [0.717, 1.165) is 32.7 Å². The van der Waals surface area contributed by atoms with Crippen LogP contribution in [0.3, 0.4) is 0 Å². The maximum absolute atomic E-state index is 5.55. The Morgan fingerprint density at radius 3 is 2.21 bits per heavy atom. The van der Waals surface area contributed by atoms with Crippen molar-refractivity contribution in [3.05, 3.63) is 0 Å². The monoisotopic (exact) mass is 337 g/mol. The molecule has 0 spiro atoms. The Kier molecular flexibility index (Phi) is 11.1. The number of alkyl halides is 1. The number of ether oxygens (including phenoxy) is 3. The van der Waals surface area contributed by atoms with Gasteiger partial charge in [0.1, 0.15) is 0 Å². The molecule has 4 nitrogen and oxygen atoms in total. The summed E-state index contributed by atoms with van der Waals surface area (Å²) in [4.78, 5) is 3.10. The van der Waals surface area contributed by atoms with Crippen molar-refractivity contribution >= 4 is 15.9 Å². The van der Waals surface area contributed by atoms with Crippen molar-refractivity contribution in [2.75, 3.05) is 59.3 Å². The van der Waals surface area contributed by atoms with Gasteiger partial charge in [0, 0.05) is 24.5 Å². The zero-order valence-electron chi connectivity index (χ0n) is 12.1. The Labute approximate surface area is 125 Å². The highest BCUT2D eigenvalue weighted by molar-refractivity contribution is 9.09. The maximum atomic E-state index is 5.55. The number of nitrogens with zero attached hydrogens (tertiary/aromatic N) is 1. The highest BCUT2D eigenvalue weighted by Gasteiger charge is 2.18. The van der Waals surface area contributed by atoms with E-state index >= 15 is 0 Å². The first kappa shape index (κ1) is 17.4. The molecule has 0 N–H and O–H groups in total. The fourth-order valence-electron chi connectivity index (χ4n) is 1.97. The van der Waals surface area contributed by atoms with E-state index in [2.05, 4.69) is 27.8 Å². The summed E-state index contributed by atoms with van der Waals surface area (Å²) in [5.74, 6) is 0. The highest BCUT2D eigenvalue weighted by Crippen LogP contribution is 2.15. The van der Waals surface area contributed by atoms with Gasteiger partial charge in [0.2, 0.25) is 0 Å². The average molecular weight is 338 g/mol. The second kappa shape index (κ2) is 12.1. The Bertz CT molecular complexity index is 207. The molecule has 1 aliphatic rings. The van der Waals surface area contributed by atoms with Crippen molar-refractivity contribution < 1.29 is 14.2 Å². The number of unbranched alkanes of at least 4 members (excludes halogenated alkanes) is 1. The molecular weight excluding hydrogens is 310 g/mol. The molecule has 19 heavy (non-hydrogen) atoms. The third-order valence-electron chi connectivity index (χ3n) is 3.15. The normalized spacial score (nSPS) is 20.2. The van der Waals surface area contributed by atoms with Gasteiger partial charge >= 0.3 is 0 Å². The smallest absolute Gasteiger partial charge is 0.0701 e. The van der Waals surface area contributed by atoms with E-state index in [4.69, 9.17) is 14.2 Å². The molecule has 1 unspecified atom stereocenters. The second-order valence-corrected chi connectivity index (χ2v) is 6.17. The zero-order valence-corrected chi connectivity index (χ0v) is 13.7. The predicted octanol–water partition coefficient (Wildman–Crippen LogP) is 2.31. The van der Waals surface area contributed by atoms with Gasteiger partial charge in [-0.05, 0) is 19.4 Å². The number of rotatable bonds is 12. The summed E-state index contributed by atoms with van der Waals surface area (Å²) in [5.41, 5.74) is 0. The first-order valence-corrected chi connectivity index (χ1v) is 8.34. The van der Waals surface area contributed by atoms with Crippen molar-refractivity contribution in [1.82, 2.24) is 4.90 Å². The van der Waals surface area contributed by atoms with Crippen LogP contribution in [0.25, 0.3) is 0 Å². The summed E-state index contributed by atoms with van der Waals surface area (Å²) in [6.07, 6.45) is 3.57. The van der Waals surface area contributed by atoms with Gasteiger partial charge in [-0.25, -0.2) is 0 Å². The molecule has 0 radical (unpaired) electrons. The molecule has 0 amide bonds. The summed E-state index contributed by atoms with van der Waals surface area (Å²) < 4.78 is 16.4. The average Bonchev–Trinajstić information content (AvgIpc) is 2.82. The topological polar surface area (TPSA) is 30.9 Å². The summed E-state index contributed by atoms with van der Waals surface area (Å²) in [7, 11) is 0. The van der Waals surface area contributed by atoms with Gasteiger partial charge in [-0.1, -0.05) is 29.3 Å². The van der Waals surface area contributed by atoms with Crippen LogP contribution < -0.4 is 0 Å². The van der Waals surface area contributed by atoms with Crippen LogP contribution in [0.2, 0.25) is 0 Å². The molecule has 0 aliphatic carbocycles. The Balaban J connectivity index is 1.72. The van der Waals surface area contributed by atoms with Crippen LogP contribution in [0.5, 0.6) is 0 Å². The van der Waals surface area contributed by atoms with Crippen molar-refractivity contribution in [1.29, 1.82) is 0 Å². The lowest BCUT2D eigenvalue weighted by atomic mass is 10.4. The lowest BCUT2D eigenvalue weighted by Gasteiger charge is -2.14. The van der Waals surface area contributed by atoms with Gasteiger partial charge in [0.05, 0.1) is 33.0 Å².